The van der Waals surface area contributed by atoms with E-state index in [1.165, 1.54) is 0 Å². The molecule has 2 heterocycles. The maximum Gasteiger partial charge on any atom is 0.189 e. The number of fused-ring (bicyclic) bond motifs is 1. The fourth-order valence-corrected chi connectivity index (χ4v) is 2.30. The molecule has 1 aromatic rings. The molecule has 0 spiro atoms. The standard InChI is InChI=1S/C11H7B4BrN2O2/c12-10(13)11(14,15)18-9(17-10)8-4-19-7-3-5(16)1-2-6(7)20-8/h1-3,8H,4H2,(H,17,18). The highest BCUT2D eigenvalue weighted by Crippen LogP contribution is 2.35. The van der Waals surface area contributed by atoms with E-state index in [4.69, 9.17) is 40.9 Å². The van der Waals surface area contributed by atoms with Gasteiger partial charge in [-0.15, -0.1) is 0 Å². The maximum absolute atomic E-state index is 5.80. The van der Waals surface area contributed by atoms with Gasteiger partial charge in [0, 0.05) is 4.47 Å². The third kappa shape index (κ3) is 2.26. The lowest BCUT2D eigenvalue weighted by atomic mass is 9.39. The number of aliphatic imine (C=N–C) groups is 1. The molecule has 0 aromatic heterocycles. The molecule has 0 fully saturated rings. The molecule has 9 heteroatoms. The van der Waals surface area contributed by atoms with Crippen molar-refractivity contribution in [2.75, 3.05) is 6.61 Å². The Kier molecular flexibility index (Phi) is 3.16. The Labute approximate surface area is 130 Å². The first-order chi connectivity index (χ1) is 9.28. The second kappa shape index (κ2) is 4.52. The lowest BCUT2D eigenvalue weighted by molar-refractivity contribution is 0.133. The molecule has 20 heavy (non-hydrogen) atoms. The highest BCUT2D eigenvalue weighted by molar-refractivity contribution is 9.10. The van der Waals surface area contributed by atoms with Crippen molar-refractivity contribution in [2.45, 2.75) is 16.8 Å². The summed E-state index contributed by atoms with van der Waals surface area (Å²) in [5.74, 6) is 1.61. The van der Waals surface area contributed by atoms with Crippen molar-refractivity contribution < 1.29 is 9.47 Å². The van der Waals surface area contributed by atoms with Gasteiger partial charge in [0.1, 0.15) is 12.4 Å². The molecule has 0 bridgehead atoms. The minimum absolute atomic E-state index is 0.251. The molecule has 2 aliphatic rings. The number of nitrogens with one attached hydrogen (secondary N) is 1. The van der Waals surface area contributed by atoms with Crippen LogP contribution in [0, 0.1) is 0 Å². The largest absolute Gasteiger partial charge is 0.485 e. The number of ether oxygens (including phenoxy) is 2. The Morgan fingerprint density at radius 1 is 1.25 bits per heavy atom. The van der Waals surface area contributed by atoms with Crippen molar-refractivity contribution in [2.24, 2.45) is 4.99 Å². The minimum atomic E-state index is -1.61. The Bertz CT molecular complexity index is 594. The Morgan fingerprint density at radius 3 is 2.65 bits per heavy atom. The van der Waals surface area contributed by atoms with Gasteiger partial charge in [0.05, 0.1) is 31.4 Å². The zero-order chi connectivity index (χ0) is 14.5. The van der Waals surface area contributed by atoms with Gasteiger partial charge in [0.2, 0.25) is 0 Å². The van der Waals surface area contributed by atoms with Crippen LogP contribution in [0.5, 0.6) is 11.5 Å². The molecule has 3 rings (SSSR count). The summed E-state index contributed by atoms with van der Waals surface area (Å²) in [6, 6.07) is 5.46. The lowest BCUT2D eigenvalue weighted by Crippen LogP contribution is -2.61. The summed E-state index contributed by atoms with van der Waals surface area (Å²) < 4.78 is 12.3. The first kappa shape index (κ1) is 14.0. The van der Waals surface area contributed by atoms with Crippen molar-refractivity contribution in [1.82, 2.24) is 5.32 Å². The number of hydrogen-bond donors (Lipinski definition) is 1. The molecule has 8 radical (unpaired) electrons. The normalized spacial score (nSPS) is 25.6. The smallest absolute Gasteiger partial charge is 0.189 e. The zero-order valence-corrected chi connectivity index (χ0v) is 12.1. The SMILES string of the molecule is [B]C1([B])N=C(C2COc3cc(Br)ccc3O2)NC1([B])[B]. The molecule has 0 saturated heterocycles. The first-order valence-corrected chi connectivity index (χ1v) is 6.70. The molecule has 0 aliphatic carbocycles. The van der Waals surface area contributed by atoms with E-state index in [1.807, 2.05) is 12.1 Å². The van der Waals surface area contributed by atoms with Gasteiger partial charge in [0.15, 0.2) is 17.6 Å². The number of halogens is 1. The fraction of sp³-hybridized carbons (Fsp3) is 0.364. The Balaban J connectivity index is 1.84. The van der Waals surface area contributed by atoms with Crippen LogP contribution in [0.4, 0.5) is 0 Å². The second-order valence-corrected chi connectivity index (χ2v) is 5.74. The summed E-state index contributed by atoms with van der Waals surface area (Å²) in [5.41, 5.74) is 0. The van der Waals surface area contributed by atoms with Crippen LogP contribution in [-0.4, -0.2) is 60.6 Å². The summed E-state index contributed by atoms with van der Waals surface area (Å²) in [6.45, 7) is 0.251. The van der Waals surface area contributed by atoms with Gasteiger partial charge < -0.3 is 14.8 Å². The summed E-state index contributed by atoms with van der Waals surface area (Å²) in [4.78, 5) is 4.08. The number of rotatable bonds is 1. The van der Waals surface area contributed by atoms with Crippen LogP contribution in [0.1, 0.15) is 0 Å². The van der Waals surface area contributed by atoms with Crippen LogP contribution in [0.15, 0.2) is 27.7 Å². The van der Waals surface area contributed by atoms with Crippen molar-refractivity contribution in [3.8, 4) is 11.5 Å². The molecule has 1 atom stereocenters. The van der Waals surface area contributed by atoms with E-state index in [2.05, 4.69) is 26.2 Å². The summed E-state index contributed by atoms with van der Waals surface area (Å²) in [6.07, 6.45) is -0.496. The first-order valence-electron chi connectivity index (χ1n) is 5.91. The zero-order valence-electron chi connectivity index (χ0n) is 10.5. The van der Waals surface area contributed by atoms with Gasteiger partial charge in [-0.2, -0.15) is 0 Å². The van der Waals surface area contributed by atoms with Crippen molar-refractivity contribution in [3.05, 3.63) is 22.7 Å². The molecule has 0 amide bonds. The van der Waals surface area contributed by atoms with Crippen LogP contribution >= 0.6 is 15.9 Å². The number of amidine groups is 1. The lowest BCUT2D eigenvalue weighted by Gasteiger charge is -2.35. The summed E-state index contributed by atoms with van der Waals surface area (Å²) in [7, 11) is 23.0. The molecule has 1 N–H and O–H groups in total. The average Bonchev–Trinajstić information content (AvgIpc) is 2.58. The van der Waals surface area contributed by atoms with Crippen molar-refractivity contribution in [1.29, 1.82) is 0 Å². The van der Waals surface area contributed by atoms with Crippen LogP contribution in [-0.2, 0) is 0 Å². The van der Waals surface area contributed by atoms with E-state index in [9.17, 15) is 0 Å². The molecule has 92 valence electrons. The Morgan fingerprint density at radius 2 is 2.00 bits per heavy atom. The van der Waals surface area contributed by atoms with Crippen molar-refractivity contribution in [3.63, 3.8) is 0 Å². The molecular weight excluding hydrogens is 315 g/mol. The van der Waals surface area contributed by atoms with Gasteiger partial charge >= 0.3 is 0 Å². The quantitative estimate of drug-likeness (QED) is 0.714. The van der Waals surface area contributed by atoms with Crippen LogP contribution in [0.2, 0.25) is 0 Å². The number of benzene rings is 1. The number of nitrogens with zero attached hydrogens (tertiary/aromatic N) is 1. The van der Waals surface area contributed by atoms with E-state index < -0.39 is 16.8 Å². The third-order valence-electron chi connectivity index (χ3n) is 3.17. The van der Waals surface area contributed by atoms with E-state index in [-0.39, 0.29) is 6.61 Å². The molecule has 1 aromatic carbocycles. The van der Waals surface area contributed by atoms with E-state index >= 15 is 0 Å². The Hall–Kier alpha value is -0.970. The monoisotopic (exact) mass is 322 g/mol. The molecule has 2 aliphatic heterocycles. The van der Waals surface area contributed by atoms with Gasteiger partial charge in [0.25, 0.3) is 0 Å². The fourth-order valence-electron chi connectivity index (χ4n) is 1.96. The van der Waals surface area contributed by atoms with Crippen LogP contribution in [0.25, 0.3) is 0 Å². The molecular formula is C11H7B4BrN2O2. The minimum Gasteiger partial charge on any atom is -0.485 e. The summed E-state index contributed by atoms with van der Waals surface area (Å²) in [5, 5.41) is -0.368. The summed E-state index contributed by atoms with van der Waals surface area (Å²) >= 11 is 3.36. The molecule has 1 unspecified atom stereocenters. The van der Waals surface area contributed by atoms with Crippen LogP contribution < -0.4 is 14.8 Å². The maximum atomic E-state index is 5.80. The highest BCUT2D eigenvalue weighted by atomic mass is 79.9. The van der Waals surface area contributed by atoms with Crippen molar-refractivity contribution >= 4 is 53.2 Å². The third-order valence-corrected chi connectivity index (χ3v) is 3.67. The van der Waals surface area contributed by atoms with Gasteiger partial charge in [-0.1, -0.05) is 15.9 Å². The van der Waals surface area contributed by atoms with E-state index in [0.717, 1.165) is 4.47 Å². The molecule has 4 nitrogen and oxygen atoms in total. The van der Waals surface area contributed by atoms with Gasteiger partial charge in [-0.25, -0.2) is 0 Å². The van der Waals surface area contributed by atoms with E-state index in [1.54, 1.807) is 6.07 Å². The molecule has 0 saturated carbocycles. The topological polar surface area (TPSA) is 42.9 Å². The highest BCUT2D eigenvalue weighted by Gasteiger charge is 2.43. The van der Waals surface area contributed by atoms with Crippen LogP contribution in [0.3, 0.4) is 0 Å². The average molecular weight is 322 g/mol. The number of hydrogen-bond acceptors (Lipinski definition) is 4. The second-order valence-electron chi connectivity index (χ2n) is 4.82. The van der Waals surface area contributed by atoms with Gasteiger partial charge in [-0.05, 0) is 28.9 Å². The van der Waals surface area contributed by atoms with E-state index in [0.29, 0.717) is 17.3 Å². The van der Waals surface area contributed by atoms with Gasteiger partial charge in [-0.3, -0.25) is 4.99 Å². The predicted molar refractivity (Wildman–Crippen MR) is 83.1 cm³/mol. The predicted octanol–water partition coefficient (Wildman–Crippen LogP) is -0.428.